The Morgan fingerprint density at radius 1 is 1.37 bits per heavy atom. The number of hydrogen-bond donors (Lipinski definition) is 1. The molecule has 4 nitrogen and oxygen atoms in total. The van der Waals surface area contributed by atoms with Crippen molar-refractivity contribution in [2.75, 3.05) is 33.7 Å². The van der Waals surface area contributed by atoms with Crippen LogP contribution in [0.3, 0.4) is 0 Å². The van der Waals surface area contributed by atoms with Crippen molar-refractivity contribution in [2.24, 2.45) is 11.7 Å². The molecule has 4 heteroatoms. The Balaban J connectivity index is 1.83. The minimum atomic E-state index is -0.545. The highest BCUT2D eigenvalue weighted by Gasteiger charge is 2.40. The average molecular weight is 264 g/mol. The van der Waals surface area contributed by atoms with Crippen LogP contribution in [0.2, 0.25) is 0 Å². The summed E-state index contributed by atoms with van der Waals surface area (Å²) in [5.41, 5.74) is 5.67. The van der Waals surface area contributed by atoms with E-state index in [1.165, 1.54) is 19.4 Å². The Kier molecular flexibility index (Phi) is 4.83. The number of likely N-dealkylation sites (tertiary alicyclic amines) is 1. The fourth-order valence-corrected chi connectivity index (χ4v) is 3.79. The van der Waals surface area contributed by atoms with Crippen LogP contribution < -0.4 is 5.73 Å². The van der Waals surface area contributed by atoms with Gasteiger partial charge in [0.05, 0.1) is 6.07 Å². The van der Waals surface area contributed by atoms with Crippen LogP contribution in [0, 0.1) is 17.2 Å². The molecule has 108 valence electrons. The highest BCUT2D eigenvalue weighted by molar-refractivity contribution is 5.12. The number of nitriles is 1. The van der Waals surface area contributed by atoms with Crippen LogP contribution in [0.25, 0.3) is 0 Å². The van der Waals surface area contributed by atoms with Crippen molar-refractivity contribution in [1.82, 2.24) is 9.80 Å². The molecule has 2 fully saturated rings. The second kappa shape index (κ2) is 6.21. The molecule has 3 atom stereocenters. The zero-order chi connectivity index (χ0) is 13.9. The van der Waals surface area contributed by atoms with E-state index in [0.717, 1.165) is 38.8 Å². The van der Waals surface area contributed by atoms with Crippen molar-refractivity contribution in [3.05, 3.63) is 0 Å². The number of likely N-dealkylation sites (N-methyl/N-ethyl adjacent to an activating group) is 1. The van der Waals surface area contributed by atoms with Gasteiger partial charge in [-0.2, -0.15) is 5.26 Å². The standard InChI is InChI=1S/C15H28N4/c1-18(2)11-14-6-4-9-19(14)10-7-13-5-3-8-15(13,17)12-16/h13-14H,3-11,17H2,1-2H3. The molecular formula is C15H28N4. The van der Waals surface area contributed by atoms with Gasteiger partial charge in [0.25, 0.3) is 0 Å². The smallest absolute Gasteiger partial charge is 0.107 e. The first kappa shape index (κ1) is 14.8. The van der Waals surface area contributed by atoms with Crippen LogP contribution >= 0.6 is 0 Å². The summed E-state index contributed by atoms with van der Waals surface area (Å²) in [6.07, 6.45) is 6.86. The molecule has 0 aromatic rings. The lowest BCUT2D eigenvalue weighted by Crippen LogP contribution is -2.44. The molecule has 3 unspecified atom stereocenters. The second-order valence-corrected chi connectivity index (χ2v) is 6.62. The fourth-order valence-electron chi connectivity index (χ4n) is 3.79. The van der Waals surface area contributed by atoms with Crippen molar-refractivity contribution in [2.45, 2.75) is 50.1 Å². The van der Waals surface area contributed by atoms with Gasteiger partial charge in [-0.3, -0.25) is 4.90 Å². The lowest BCUT2D eigenvalue weighted by Gasteiger charge is -2.30. The fraction of sp³-hybridized carbons (Fsp3) is 0.933. The van der Waals surface area contributed by atoms with Crippen molar-refractivity contribution in [1.29, 1.82) is 5.26 Å². The Morgan fingerprint density at radius 2 is 2.16 bits per heavy atom. The maximum atomic E-state index is 9.26. The molecule has 19 heavy (non-hydrogen) atoms. The van der Waals surface area contributed by atoms with Gasteiger partial charge in [0.15, 0.2) is 0 Å². The normalized spacial score (nSPS) is 35.9. The predicted molar refractivity (Wildman–Crippen MR) is 77.6 cm³/mol. The largest absolute Gasteiger partial charge is 0.313 e. The van der Waals surface area contributed by atoms with Crippen LogP contribution in [-0.2, 0) is 0 Å². The van der Waals surface area contributed by atoms with Gasteiger partial charge in [-0.05, 0) is 65.2 Å². The van der Waals surface area contributed by atoms with E-state index < -0.39 is 5.54 Å². The summed E-state index contributed by atoms with van der Waals surface area (Å²) in [7, 11) is 4.29. The highest BCUT2D eigenvalue weighted by atomic mass is 15.2. The molecule has 0 aromatic carbocycles. The van der Waals surface area contributed by atoms with E-state index in [2.05, 4.69) is 30.0 Å². The Bertz CT molecular complexity index is 336. The van der Waals surface area contributed by atoms with E-state index in [-0.39, 0.29) is 0 Å². The molecule has 1 aliphatic carbocycles. The predicted octanol–water partition coefficient (Wildman–Crippen LogP) is 1.42. The Hall–Kier alpha value is -0.630. The van der Waals surface area contributed by atoms with E-state index in [1.54, 1.807) is 0 Å². The monoisotopic (exact) mass is 264 g/mol. The molecule has 1 heterocycles. The van der Waals surface area contributed by atoms with Gasteiger partial charge in [0.2, 0.25) is 0 Å². The summed E-state index contributed by atoms with van der Waals surface area (Å²) >= 11 is 0. The second-order valence-electron chi connectivity index (χ2n) is 6.62. The number of hydrogen-bond acceptors (Lipinski definition) is 4. The maximum absolute atomic E-state index is 9.26. The first-order valence-electron chi connectivity index (χ1n) is 7.64. The summed E-state index contributed by atoms with van der Waals surface area (Å²) in [6.45, 7) is 3.48. The molecule has 2 rings (SSSR count). The molecule has 2 N–H and O–H groups in total. The van der Waals surface area contributed by atoms with E-state index >= 15 is 0 Å². The summed E-state index contributed by atoms with van der Waals surface area (Å²) < 4.78 is 0. The summed E-state index contributed by atoms with van der Waals surface area (Å²) in [5.74, 6) is 0.401. The lowest BCUT2D eigenvalue weighted by atomic mass is 9.87. The van der Waals surface area contributed by atoms with Gasteiger partial charge >= 0.3 is 0 Å². The lowest BCUT2D eigenvalue weighted by molar-refractivity contribution is 0.189. The molecule has 0 amide bonds. The summed E-state index contributed by atoms with van der Waals surface area (Å²) in [6, 6.07) is 3.06. The third-order valence-corrected chi connectivity index (χ3v) is 4.92. The van der Waals surface area contributed by atoms with Gasteiger partial charge < -0.3 is 10.6 Å². The molecule has 0 aromatic heterocycles. The van der Waals surface area contributed by atoms with Crippen molar-refractivity contribution in [3.8, 4) is 6.07 Å². The quantitative estimate of drug-likeness (QED) is 0.816. The number of rotatable bonds is 5. The zero-order valence-electron chi connectivity index (χ0n) is 12.4. The van der Waals surface area contributed by atoms with E-state index in [9.17, 15) is 5.26 Å². The molecule has 1 saturated heterocycles. The molecule has 1 aliphatic heterocycles. The van der Waals surface area contributed by atoms with Crippen molar-refractivity contribution in [3.63, 3.8) is 0 Å². The molecule has 2 aliphatic rings. The van der Waals surface area contributed by atoms with Crippen molar-refractivity contribution < 1.29 is 0 Å². The van der Waals surface area contributed by atoms with Crippen LogP contribution in [0.5, 0.6) is 0 Å². The third kappa shape index (κ3) is 3.47. The van der Waals surface area contributed by atoms with E-state index in [4.69, 9.17) is 5.73 Å². The number of nitrogens with two attached hydrogens (primary N) is 1. The van der Waals surface area contributed by atoms with Gasteiger partial charge in [-0.1, -0.05) is 6.42 Å². The highest BCUT2D eigenvalue weighted by Crippen LogP contribution is 2.36. The van der Waals surface area contributed by atoms with Crippen LogP contribution in [-0.4, -0.2) is 55.1 Å². The van der Waals surface area contributed by atoms with Gasteiger partial charge in [-0.15, -0.1) is 0 Å². The molecule has 0 bridgehead atoms. The zero-order valence-corrected chi connectivity index (χ0v) is 12.4. The topological polar surface area (TPSA) is 56.3 Å². The SMILES string of the molecule is CN(C)CC1CCCN1CCC1CCCC1(N)C#N. The van der Waals surface area contributed by atoms with Crippen molar-refractivity contribution >= 4 is 0 Å². The Labute approximate surface area is 117 Å². The third-order valence-electron chi connectivity index (χ3n) is 4.92. The van der Waals surface area contributed by atoms with Crippen LogP contribution in [0.1, 0.15) is 38.5 Å². The summed E-state index contributed by atoms with van der Waals surface area (Å²) in [5, 5.41) is 9.26. The minimum absolute atomic E-state index is 0.401. The van der Waals surface area contributed by atoms with E-state index in [1.807, 2.05) is 0 Å². The van der Waals surface area contributed by atoms with Gasteiger partial charge in [-0.25, -0.2) is 0 Å². The van der Waals surface area contributed by atoms with Gasteiger partial charge in [0.1, 0.15) is 5.54 Å². The maximum Gasteiger partial charge on any atom is 0.107 e. The first-order valence-corrected chi connectivity index (χ1v) is 7.64. The minimum Gasteiger partial charge on any atom is -0.313 e. The number of nitrogens with zero attached hydrogens (tertiary/aromatic N) is 3. The molecule has 1 saturated carbocycles. The molecular weight excluding hydrogens is 236 g/mol. The van der Waals surface area contributed by atoms with Crippen LogP contribution in [0.4, 0.5) is 0 Å². The average Bonchev–Trinajstić information content (AvgIpc) is 2.94. The molecule has 0 radical (unpaired) electrons. The van der Waals surface area contributed by atoms with Crippen LogP contribution in [0.15, 0.2) is 0 Å². The first-order chi connectivity index (χ1) is 9.05. The summed E-state index contributed by atoms with van der Waals surface area (Å²) in [4.78, 5) is 4.89. The molecule has 0 spiro atoms. The Morgan fingerprint density at radius 3 is 2.84 bits per heavy atom. The van der Waals surface area contributed by atoms with Gasteiger partial charge in [0, 0.05) is 12.6 Å². The van der Waals surface area contributed by atoms with E-state index in [0.29, 0.717) is 12.0 Å².